The first kappa shape index (κ1) is 19.0. The van der Waals surface area contributed by atoms with Gasteiger partial charge in [-0.1, -0.05) is 40.5 Å². The molecule has 24 heavy (non-hydrogen) atoms. The van der Waals surface area contributed by atoms with Crippen molar-refractivity contribution in [3.8, 4) is 5.75 Å². The fourth-order valence-corrected chi connectivity index (χ4v) is 3.35. The zero-order valence-corrected chi connectivity index (χ0v) is 15.5. The highest BCUT2D eigenvalue weighted by atomic mass is 19.1. The molecule has 2 rings (SSSR count). The molecule has 0 heterocycles. The van der Waals surface area contributed by atoms with E-state index in [4.69, 9.17) is 4.74 Å². The minimum absolute atomic E-state index is 0.0946. The first-order valence-electron chi connectivity index (χ1n) is 9.37. The first-order chi connectivity index (χ1) is 11.5. The number of hydrogen-bond acceptors (Lipinski definition) is 2. The van der Waals surface area contributed by atoms with Crippen LogP contribution in [0, 0.1) is 17.2 Å². The molecule has 2 nitrogen and oxygen atoms in total. The predicted molar refractivity (Wildman–Crippen MR) is 96.3 cm³/mol. The Labute approximate surface area is 145 Å². The highest BCUT2D eigenvalue weighted by Crippen LogP contribution is 2.45. The smallest absolute Gasteiger partial charge is 0.153 e. The molecule has 1 aliphatic carbocycles. The van der Waals surface area contributed by atoms with Crippen LogP contribution < -0.4 is 4.74 Å². The summed E-state index contributed by atoms with van der Waals surface area (Å²) in [6.07, 6.45) is 7.32. The molecule has 0 N–H and O–H groups in total. The van der Waals surface area contributed by atoms with Crippen LogP contribution in [0.2, 0.25) is 0 Å². The number of hydrogen-bond donors (Lipinski definition) is 0. The van der Waals surface area contributed by atoms with Gasteiger partial charge < -0.3 is 4.74 Å². The van der Waals surface area contributed by atoms with Gasteiger partial charge in [-0.05, 0) is 49.1 Å². The van der Waals surface area contributed by atoms with Crippen molar-refractivity contribution in [3.05, 3.63) is 29.1 Å². The van der Waals surface area contributed by atoms with Crippen molar-refractivity contribution in [1.29, 1.82) is 0 Å². The summed E-state index contributed by atoms with van der Waals surface area (Å²) >= 11 is 0. The molecule has 134 valence electrons. The van der Waals surface area contributed by atoms with Crippen molar-refractivity contribution in [2.24, 2.45) is 11.3 Å². The van der Waals surface area contributed by atoms with Crippen molar-refractivity contribution < 1.29 is 13.9 Å². The van der Waals surface area contributed by atoms with Crippen LogP contribution >= 0.6 is 0 Å². The summed E-state index contributed by atoms with van der Waals surface area (Å²) in [6, 6.07) is 3.09. The second kappa shape index (κ2) is 8.13. The van der Waals surface area contributed by atoms with E-state index in [0.29, 0.717) is 30.5 Å². The number of benzene rings is 1. The van der Waals surface area contributed by atoms with Crippen molar-refractivity contribution in [1.82, 2.24) is 0 Å². The van der Waals surface area contributed by atoms with E-state index < -0.39 is 5.82 Å². The van der Waals surface area contributed by atoms with Gasteiger partial charge in [0, 0.05) is 11.5 Å². The van der Waals surface area contributed by atoms with Crippen molar-refractivity contribution >= 4 is 6.29 Å². The van der Waals surface area contributed by atoms with Crippen molar-refractivity contribution in [3.63, 3.8) is 0 Å². The second-order valence-corrected chi connectivity index (χ2v) is 7.64. The lowest BCUT2D eigenvalue weighted by atomic mass is 9.78. The van der Waals surface area contributed by atoms with Gasteiger partial charge in [0.2, 0.25) is 0 Å². The van der Waals surface area contributed by atoms with Crippen LogP contribution in [0.15, 0.2) is 12.1 Å². The summed E-state index contributed by atoms with van der Waals surface area (Å²) in [5.74, 6) is 1.27. The monoisotopic (exact) mass is 334 g/mol. The lowest BCUT2D eigenvalue weighted by Gasteiger charge is -2.32. The van der Waals surface area contributed by atoms with Gasteiger partial charge in [0.25, 0.3) is 0 Å². The summed E-state index contributed by atoms with van der Waals surface area (Å²) in [7, 11) is 0. The Kier molecular flexibility index (Phi) is 6.42. The van der Waals surface area contributed by atoms with E-state index in [9.17, 15) is 9.18 Å². The molecule has 1 aromatic carbocycles. The minimum atomic E-state index is -0.484. The highest BCUT2D eigenvalue weighted by Gasteiger charge is 2.30. The molecule has 0 aromatic heterocycles. The third-order valence-corrected chi connectivity index (χ3v) is 5.64. The van der Waals surface area contributed by atoms with Gasteiger partial charge in [0.1, 0.15) is 11.6 Å². The molecule has 3 heteroatoms. The van der Waals surface area contributed by atoms with Gasteiger partial charge in [-0.3, -0.25) is 4.79 Å². The number of rotatable bonds is 10. The van der Waals surface area contributed by atoms with Crippen LogP contribution in [0.5, 0.6) is 5.75 Å². The Balaban J connectivity index is 2.14. The van der Waals surface area contributed by atoms with E-state index in [1.807, 2.05) is 0 Å². The molecule has 0 radical (unpaired) electrons. The standard InChI is InChI=1S/C21H31FO2/c1-5-15(6-2)12-21(4,7-3)14-24-20-11-19(22)17(13-23)10-18(20)16-8-9-16/h10-11,13,15-16H,5-9,12,14H2,1-4H3. The second-order valence-electron chi connectivity index (χ2n) is 7.64. The molecule has 1 unspecified atom stereocenters. The maximum Gasteiger partial charge on any atom is 0.153 e. The van der Waals surface area contributed by atoms with Gasteiger partial charge in [0.15, 0.2) is 6.29 Å². The third-order valence-electron chi connectivity index (χ3n) is 5.64. The summed E-state index contributed by atoms with van der Waals surface area (Å²) < 4.78 is 20.1. The largest absolute Gasteiger partial charge is 0.493 e. The van der Waals surface area contributed by atoms with E-state index in [1.54, 1.807) is 6.07 Å². The number of carbonyl (C=O) groups is 1. The van der Waals surface area contributed by atoms with E-state index >= 15 is 0 Å². The van der Waals surface area contributed by atoms with Gasteiger partial charge in [-0.2, -0.15) is 0 Å². The quantitative estimate of drug-likeness (QED) is 0.481. The van der Waals surface area contributed by atoms with E-state index in [-0.39, 0.29) is 11.0 Å². The van der Waals surface area contributed by atoms with Crippen molar-refractivity contribution in [2.75, 3.05) is 6.61 Å². The number of halogens is 1. The van der Waals surface area contributed by atoms with Gasteiger partial charge >= 0.3 is 0 Å². The predicted octanol–water partition coefficient (Wildman–Crippen LogP) is 6.14. The first-order valence-corrected chi connectivity index (χ1v) is 9.37. The average Bonchev–Trinajstić information content (AvgIpc) is 3.43. The van der Waals surface area contributed by atoms with Crippen LogP contribution in [0.4, 0.5) is 4.39 Å². The zero-order valence-electron chi connectivity index (χ0n) is 15.5. The Morgan fingerprint density at radius 3 is 2.46 bits per heavy atom. The summed E-state index contributed by atoms with van der Waals surface area (Å²) in [5, 5.41) is 0. The molecule has 1 saturated carbocycles. The van der Waals surface area contributed by atoms with E-state index in [2.05, 4.69) is 27.7 Å². The van der Waals surface area contributed by atoms with Gasteiger partial charge in [-0.25, -0.2) is 4.39 Å². The molecular formula is C21H31FO2. The third kappa shape index (κ3) is 4.58. The average molecular weight is 334 g/mol. The maximum atomic E-state index is 14.0. The summed E-state index contributed by atoms with van der Waals surface area (Å²) in [4.78, 5) is 11.0. The molecule has 0 saturated heterocycles. The van der Waals surface area contributed by atoms with Crippen LogP contribution in [-0.4, -0.2) is 12.9 Å². The molecule has 0 spiro atoms. The summed E-state index contributed by atoms with van der Waals surface area (Å²) in [6.45, 7) is 9.54. The Morgan fingerprint density at radius 2 is 1.96 bits per heavy atom. The normalized spacial score (nSPS) is 16.9. The lowest BCUT2D eigenvalue weighted by molar-refractivity contribution is 0.111. The van der Waals surface area contributed by atoms with Gasteiger partial charge in [0.05, 0.1) is 12.2 Å². The molecule has 1 aromatic rings. The van der Waals surface area contributed by atoms with Crippen molar-refractivity contribution in [2.45, 2.75) is 72.1 Å². The molecule has 0 amide bonds. The molecule has 1 aliphatic rings. The van der Waals surface area contributed by atoms with Crippen LogP contribution in [0.1, 0.15) is 88.1 Å². The number of ether oxygens (including phenoxy) is 1. The molecular weight excluding hydrogens is 303 g/mol. The molecule has 1 atom stereocenters. The molecule has 0 aliphatic heterocycles. The Morgan fingerprint density at radius 1 is 1.29 bits per heavy atom. The SMILES string of the molecule is CCC(CC)CC(C)(CC)COc1cc(F)c(C=O)cc1C1CC1. The molecule has 1 fully saturated rings. The van der Waals surface area contributed by atoms with Gasteiger partial charge in [-0.15, -0.1) is 0 Å². The number of aldehydes is 1. The molecule has 0 bridgehead atoms. The summed E-state index contributed by atoms with van der Waals surface area (Å²) in [5.41, 5.74) is 1.23. The maximum absolute atomic E-state index is 14.0. The highest BCUT2D eigenvalue weighted by molar-refractivity contribution is 5.76. The lowest BCUT2D eigenvalue weighted by Crippen LogP contribution is -2.27. The Bertz CT molecular complexity index is 561. The fraction of sp³-hybridized carbons (Fsp3) is 0.667. The number of carbonyl (C=O) groups excluding carboxylic acids is 1. The van der Waals surface area contributed by atoms with E-state index in [1.165, 1.54) is 18.9 Å². The van der Waals surface area contributed by atoms with E-state index in [0.717, 1.165) is 31.2 Å². The Hall–Kier alpha value is -1.38. The van der Waals surface area contributed by atoms with Crippen LogP contribution in [0.3, 0.4) is 0 Å². The fourth-order valence-electron chi connectivity index (χ4n) is 3.35. The minimum Gasteiger partial charge on any atom is -0.493 e. The van der Waals surface area contributed by atoms with Crippen LogP contribution in [0.25, 0.3) is 0 Å². The van der Waals surface area contributed by atoms with Crippen LogP contribution in [-0.2, 0) is 0 Å². The zero-order chi connectivity index (χ0) is 17.7. The topological polar surface area (TPSA) is 26.3 Å².